The van der Waals surface area contributed by atoms with E-state index in [-0.39, 0.29) is 12.5 Å². The van der Waals surface area contributed by atoms with E-state index < -0.39 is 11.8 Å². The Balaban J connectivity index is 1.81. The Morgan fingerprint density at radius 1 is 0.885 bits per heavy atom. The summed E-state index contributed by atoms with van der Waals surface area (Å²) in [5, 5.41) is 8.67. The molecule has 136 valence electrons. The SMILES string of the molecule is CC(=O)Nc1ccc(NC(=O)C(=O)NCCc2ccc(Cl)cc2Cl)cc1. The topological polar surface area (TPSA) is 87.3 Å². The Kier molecular flexibility index (Phi) is 7.00. The lowest BCUT2D eigenvalue weighted by atomic mass is 10.1. The van der Waals surface area contributed by atoms with Gasteiger partial charge >= 0.3 is 11.8 Å². The first kappa shape index (κ1) is 19.8. The molecular formula is C18H17Cl2N3O3. The molecule has 2 aromatic carbocycles. The number of hydrogen-bond acceptors (Lipinski definition) is 3. The minimum absolute atomic E-state index is 0.193. The molecule has 0 radical (unpaired) electrons. The fourth-order valence-electron chi connectivity index (χ4n) is 2.14. The molecule has 0 heterocycles. The van der Waals surface area contributed by atoms with Gasteiger partial charge in [-0.1, -0.05) is 29.3 Å². The first-order valence-corrected chi connectivity index (χ1v) is 8.51. The number of amides is 3. The van der Waals surface area contributed by atoms with Gasteiger partial charge in [-0.25, -0.2) is 0 Å². The van der Waals surface area contributed by atoms with E-state index >= 15 is 0 Å². The molecule has 6 nitrogen and oxygen atoms in total. The smallest absolute Gasteiger partial charge is 0.313 e. The van der Waals surface area contributed by atoms with Gasteiger partial charge in [-0.15, -0.1) is 0 Å². The summed E-state index contributed by atoms with van der Waals surface area (Å²) in [6.45, 7) is 1.66. The first-order chi connectivity index (χ1) is 12.3. The zero-order valence-corrected chi connectivity index (χ0v) is 15.4. The van der Waals surface area contributed by atoms with Crippen molar-refractivity contribution >= 4 is 52.3 Å². The molecule has 8 heteroatoms. The average Bonchev–Trinajstić information content (AvgIpc) is 2.58. The zero-order valence-electron chi connectivity index (χ0n) is 13.9. The molecular weight excluding hydrogens is 377 g/mol. The van der Waals surface area contributed by atoms with Crippen LogP contribution in [0.15, 0.2) is 42.5 Å². The van der Waals surface area contributed by atoms with Crippen molar-refractivity contribution in [1.82, 2.24) is 5.32 Å². The summed E-state index contributed by atoms with van der Waals surface area (Å²) in [6.07, 6.45) is 0.473. The summed E-state index contributed by atoms with van der Waals surface area (Å²) in [5.74, 6) is -1.72. The Hall–Kier alpha value is -2.57. The molecule has 0 saturated carbocycles. The molecule has 0 saturated heterocycles. The minimum atomic E-state index is -0.778. The zero-order chi connectivity index (χ0) is 19.1. The van der Waals surface area contributed by atoms with Crippen molar-refractivity contribution in [3.63, 3.8) is 0 Å². The lowest BCUT2D eigenvalue weighted by Crippen LogP contribution is -2.36. The molecule has 3 N–H and O–H groups in total. The maximum Gasteiger partial charge on any atom is 0.313 e. The van der Waals surface area contributed by atoms with Crippen LogP contribution in [0.3, 0.4) is 0 Å². The third-order valence-electron chi connectivity index (χ3n) is 3.36. The van der Waals surface area contributed by atoms with Crippen LogP contribution in [-0.2, 0) is 20.8 Å². The third kappa shape index (κ3) is 6.06. The number of carbonyl (C=O) groups is 3. The number of carbonyl (C=O) groups excluding carboxylic acids is 3. The molecule has 0 fully saturated rings. The van der Waals surface area contributed by atoms with Crippen molar-refractivity contribution in [3.05, 3.63) is 58.1 Å². The number of benzene rings is 2. The van der Waals surface area contributed by atoms with Crippen LogP contribution in [0.4, 0.5) is 11.4 Å². The van der Waals surface area contributed by atoms with Crippen LogP contribution >= 0.6 is 23.2 Å². The summed E-state index contributed by atoms with van der Waals surface area (Å²) >= 11 is 11.9. The summed E-state index contributed by atoms with van der Waals surface area (Å²) < 4.78 is 0. The van der Waals surface area contributed by atoms with Gasteiger partial charge in [0.1, 0.15) is 0 Å². The van der Waals surface area contributed by atoms with E-state index in [1.54, 1.807) is 42.5 Å². The number of hydrogen-bond donors (Lipinski definition) is 3. The molecule has 2 aromatic rings. The highest BCUT2D eigenvalue weighted by molar-refractivity contribution is 6.39. The predicted molar refractivity (Wildman–Crippen MR) is 103 cm³/mol. The molecule has 0 aliphatic heterocycles. The Labute approximate surface area is 160 Å². The van der Waals surface area contributed by atoms with E-state index in [4.69, 9.17) is 23.2 Å². The maximum absolute atomic E-state index is 11.9. The molecule has 2 rings (SSSR count). The van der Waals surface area contributed by atoms with Crippen LogP contribution in [0.2, 0.25) is 10.0 Å². The largest absolute Gasteiger partial charge is 0.347 e. The molecule has 26 heavy (non-hydrogen) atoms. The van der Waals surface area contributed by atoms with Crippen LogP contribution in [0.25, 0.3) is 0 Å². The molecule has 0 aliphatic carbocycles. The second kappa shape index (κ2) is 9.22. The van der Waals surface area contributed by atoms with Crippen LogP contribution < -0.4 is 16.0 Å². The van der Waals surface area contributed by atoms with Gasteiger partial charge in [0.05, 0.1) is 0 Å². The number of rotatable bonds is 5. The van der Waals surface area contributed by atoms with Crippen molar-refractivity contribution < 1.29 is 14.4 Å². The monoisotopic (exact) mass is 393 g/mol. The van der Waals surface area contributed by atoms with Crippen molar-refractivity contribution in [2.45, 2.75) is 13.3 Å². The van der Waals surface area contributed by atoms with E-state index in [0.29, 0.717) is 27.8 Å². The second-order valence-electron chi connectivity index (χ2n) is 5.45. The molecule has 3 amide bonds. The van der Waals surface area contributed by atoms with Gasteiger partial charge in [0.2, 0.25) is 5.91 Å². The van der Waals surface area contributed by atoms with E-state index in [0.717, 1.165) is 5.56 Å². The van der Waals surface area contributed by atoms with Gasteiger partial charge in [0.15, 0.2) is 0 Å². The van der Waals surface area contributed by atoms with Gasteiger partial charge in [-0.3, -0.25) is 14.4 Å². The number of halogens is 2. The van der Waals surface area contributed by atoms with Crippen LogP contribution in [-0.4, -0.2) is 24.3 Å². The molecule has 0 bridgehead atoms. The van der Waals surface area contributed by atoms with E-state index in [2.05, 4.69) is 16.0 Å². The normalized spacial score (nSPS) is 10.1. The van der Waals surface area contributed by atoms with Gasteiger partial charge < -0.3 is 16.0 Å². The molecule has 0 aliphatic rings. The summed E-state index contributed by atoms with van der Waals surface area (Å²) in [7, 11) is 0. The predicted octanol–water partition coefficient (Wildman–Crippen LogP) is 3.25. The fourth-order valence-corrected chi connectivity index (χ4v) is 2.65. The van der Waals surface area contributed by atoms with Crippen molar-refractivity contribution in [2.24, 2.45) is 0 Å². The standard InChI is InChI=1S/C18H17Cl2N3O3/c1-11(24)22-14-4-6-15(7-5-14)23-18(26)17(25)21-9-8-12-2-3-13(19)10-16(12)20/h2-7,10H,8-9H2,1H3,(H,21,25)(H,22,24)(H,23,26). The maximum atomic E-state index is 11.9. The summed E-state index contributed by atoms with van der Waals surface area (Å²) in [6, 6.07) is 11.5. The minimum Gasteiger partial charge on any atom is -0.347 e. The highest BCUT2D eigenvalue weighted by Crippen LogP contribution is 2.21. The van der Waals surface area contributed by atoms with E-state index in [9.17, 15) is 14.4 Å². The molecule has 0 spiro atoms. The van der Waals surface area contributed by atoms with Crippen LogP contribution in [0.5, 0.6) is 0 Å². The van der Waals surface area contributed by atoms with E-state index in [1.165, 1.54) is 6.92 Å². The Morgan fingerprint density at radius 3 is 2.08 bits per heavy atom. The quantitative estimate of drug-likeness (QED) is 0.681. The summed E-state index contributed by atoms with van der Waals surface area (Å²) in [4.78, 5) is 34.7. The molecule has 0 atom stereocenters. The van der Waals surface area contributed by atoms with Gasteiger partial charge in [0.25, 0.3) is 0 Å². The Bertz CT molecular complexity index is 823. The average molecular weight is 394 g/mol. The van der Waals surface area contributed by atoms with Crippen molar-refractivity contribution in [1.29, 1.82) is 0 Å². The highest BCUT2D eigenvalue weighted by atomic mass is 35.5. The van der Waals surface area contributed by atoms with Gasteiger partial charge in [-0.05, 0) is 48.4 Å². The van der Waals surface area contributed by atoms with Crippen molar-refractivity contribution in [2.75, 3.05) is 17.2 Å². The number of nitrogens with one attached hydrogen (secondary N) is 3. The van der Waals surface area contributed by atoms with Crippen LogP contribution in [0, 0.1) is 0 Å². The first-order valence-electron chi connectivity index (χ1n) is 7.76. The van der Waals surface area contributed by atoms with Crippen LogP contribution in [0.1, 0.15) is 12.5 Å². The Morgan fingerprint density at radius 2 is 1.50 bits per heavy atom. The molecule has 0 unspecified atom stereocenters. The van der Waals surface area contributed by atoms with Crippen molar-refractivity contribution in [3.8, 4) is 0 Å². The van der Waals surface area contributed by atoms with Gasteiger partial charge in [0, 0.05) is 34.9 Å². The fraction of sp³-hybridized carbons (Fsp3) is 0.167. The van der Waals surface area contributed by atoms with E-state index in [1.807, 2.05) is 0 Å². The van der Waals surface area contributed by atoms with Gasteiger partial charge in [-0.2, -0.15) is 0 Å². The number of anilines is 2. The summed E-state index contributed by atoms with van der Waals surface area (Å²) in [5.41, 5.74) is 1.87. The lowest BCUT2D eigenvalue weighted by molar-refractivity contribution is -0.136. The second-order valence-corrected chi connectivity index (χ2v) is 6.30. The third-order valence-corrected chi connectivity index (χ3v) is 3.95. The highest BCUT2D eigenvalue weighted by Gasteiger charge is 2.13. The molecule has 0 aromatic heterocycles. The lowest BCUT2D eigenvalue weighted by Gasteiger charge is -2.08.